The highest BCUT2D eigenvalue weighted by molar-refractivity contribution is 9.10. The lowest BCUT2D eigenvalue weighted by molar-refractivity contribution is 0.0512. The zero-order valence-electron chi connectivity index (χ0n) is 20.4. The maximum absolute atomic E-state index is 13.5. The molecule has 2 rings (SSSR count). The van der Waals surface area contributed by atoms with Crippen LogP contribution < -0.4 is 0 Å². The number of halogens is 1. The maximum atomic E-state index is 13.5. The van der Waals surface area contributed by atoms with Crippen LogP contribution in [0.5, 0.6) is 0 Å². The molecule has 0 N–H and O–H groups in total. The van der Waals surface area contributed by atoms with Crippen LogP contribution in [0.1, 0.15) is 59.3 Å². The van der Waals surface area contributed by atoms with Crippen molar-refractivity contribution in [3.05, 3.63) is 51.3 Å². The van der Waals surface area contributed by atoms with Crippen LogP contribution in [-0.2, 0) is 26.0 Å². The average molecular weight is 558 g/mol. The number of esters is 1. The number of Topliss-reactive ketones (excluding diaryl/α,β-unsaturated/α-hetero) is 1. The van der Waals surface area contributed by atoms with Crippen LogP contribution in [-0.4, -0.2) is 62.0 Å². The second-order valence-electron chi connectivity index (χ2n) is 7.66. The monoisotopic (exact) mass is 556 g/mol. The van der Waals surface area contributed by atoms with E-state index in [9.17, 15) is 18.0 Å². The Hall–Kier alpha value is -2.01. The molecule has 34 heavy (non-hydrogen) atoms. The molecular weight excluding hydrogens is 524 g/mol. The average Bonchev–Trinajstić information content (AvgIpc) is 3.05. The van der Waals surface area contributed by atoms with Gasteiger partial charge in [0, 0.05) is 42.0 Å². The molecule has 188 valence electrons. The summed E-state index contributed by atoms with van der Waals surface area (Å²) in [6.07, 6.45) is 0.443. The molecule has 0 atom stereocenters. The zero-order chi connectivity index (χ0) is 25.5. The fraction of sp³-hybridized carbons (Fsp3) is 0.500. The quantitative estimate of drug-likeness (QED) is 0.206. The molecular formula is C24H33BrN2O6S. The Bertz CT molecular complexity index is 1110. The van der Waals surface area contributed by atoms with Gasteiger partial charge < -0.3 is 14.0 Å². The van der Waals surface area contributed by atoms with Gasteiger partial charge in [-0.15, -0.1) is 0 Å². The first kappa shape index (κ1) is 28.2. The van der Waals surface area contributed by atoms with E-state index in [-0.39, 0.29) is 30.4 Å². The van der Waals surface area contributed by atoms with E-state index in [4.69, 9.17) is 9.47 Å². The highest BCUT2D eigenvalue weighted by atomic mass is 79.9. The predicted octanol–water partition coefficient (Wildman–Crippen LogP) is 4.36. The lowest BCUT2D eigenvalue weighted by atomic mass is 10.1. The molecule has 0 radical (unpaired) electrons. The van der Waals surface area contributed by atoms with Crippen LogP contribution in [0, 0.1) is 13.8 Å². The Balaban J connectivity index is 2.44. The Labute approximate surface area is 210 Å². The lowest BCUT2D eigenvalue weighted by Gasteiger charge is -2.22. The van der Waals surface area contributed by atoms with E-state index in [0.717, 1.165) is 4.47 Å². The van der Waals surface area contributed by atoms with Crippen LogP contribution in [0.4, 0.5) is 0 Å². The minimum Gasteiger partial charge on any atom is -0.461 e. The fourth-order valence-electron chi connectivity index (χ4n) is 3.93. The number of benzene rings is 1. The van der Waals surface area contributed by atoms with Crippen molar-refractivity contribution in [2.24, 2.45) is 0 Å². The first-order valence-electron chi connectivity index (χ1n) is 11.3. The molecule has 0 spiro atoms. The molecule has 1 aromatic heterocycles. The Morgan fingerprint density at radius 2 is 1.71 bits per heavy atom. The third-order valence-corrected chi connectivity index (χ3v) is 7.89. The minimum atomic E-state index is -3.93. The number of carbonyl (C=O) groups is 2. The molecule has 0 saturated heterocycles. The number of hydrogen-bond donors (Lipinski definition) is 0. The van der Waals surface area contributed by atoms with E-state index in [0.29, 0.717) is 48.7 Å². The topological polar surface area (TPSA) is 94.9 Å². The number of nitrogens with zero attached hydrogens (tertiary/aromatic N) is 2. The van der Waals surface area contributed by atoms with Gasteiger partial charge in [-0.2, -0.15) is 4.31 Å². The van der Waals surface area contributed by atoms with Gasteiger partial charge in [0.1, 0.15) is 5.69 Å². The summed E-state index contributed by atoms with van der Waals surface area (Å²) in [6.45, 7) is 10.3. The second kappa shape index (κ2) is 12.6. The Morgan fingerprint density at radius 1 is 1.06 bits per heavy atom. The van der Waals surface area contributed by atoms with E-state index in [2.05, 4.69) is 15.9 Å². The molecule has 2 aromatic rings. The Kier molecular flexibility index (Phi) is 10.5. The van der Waals surface area contributed by atoms with Gasteiger partial charge in [0.15, 0.2) is 5.78 Å². The van der Waals surface area contributed by atoms with Crippen molar-refractivity contribution in [1.29, 1.82) is 0 Å². The van der Waals surface area contributed by atoms with Gasteiger partial charge in [-0.1, -0.05) is 15.9 Å². The summed E-state index contributed by atoms with van der Waals surface area (Å²) < 4.78 is 41.0. The van der Waals surface area contributed by atoms with Crippen molar-refractivity contribution >= 4 is 37.7 Å². The molecule has 0 amide bonds. The number of hydrogen-bond acceptors (Lipinski definition) is 6. The van der Waals surface area contributed by atoms with Crippen LogP contribution in [0.15, 0.2) is 33.6 Å². The first-order valence-corrected chi connectivity index (χ1v) is 13.6. The number of ether oxygens (including phenoxy) is 2. The van der Waals surface area contributed by atoms with E-state index >= 15 is 0 Å². The number of aromatic nitrogens is 1. The summed E-state index contributed by atoms with van der Waals surface area (Å²) in [5.41, 5.74) is 1.79. The summed E-state index contributed by atoms with van der Waals surface area (Å²) in [5, 5.41) is 0. The SMILES string of the molecule is CCOCCCN(CC(=O)c1c(C)c(C(=O)OCC)n(CC)c1C)S(=O)(=O)c1ccc(Br)cc1. The van der Waals surface area contributed by atoms with E-state index < -0.39 is 16.0 Å². The highest BCUT2D eigenvalue weighted by Crippen LogP contribution is 2.26. The van der Waals surface area contributed by atoms with E-state index in [1.165, 1.54) is 16.4 Å². The van der Waals surface area contributed by atoms with Crippen LogP contribution in [0.25, 0.3) is 0 Å². The van der Waals surface area contributed by atoms with Gasteiger partial charge in [-0.05, 0) is 70.9 Å². The summed E-state index contributed by atoms with van der Waals surface area (Å²) in [4.78, 5) is 26.1. The van der Waals surface area contributed by atoms with Gasteiger partial charge in [0.25, 0.3) is 0 Å². The minimum absolute atomic E-state index is 0.103. The molecule has 0 bridgehead atoms. The fourth-order valence-corrected chi connectivity index (χ4v) is 5.63. The number of rotatable bonds is 13. The lowest BCUT2D eigenvalue weighted by Crippen LogP contribution is -2.37. The zero-order valence-corrected chi connectivity index (χ0v) is 22.8. The normalized spacial score (nSPS) is 11.7. The van der Waals surface area contributed by atoms with Crippen LogP contribution in [0.3, 0.4) is 0 Å². The molecule has 0 unspecified atom stereocenters. The standard InChI is InChI=1S/C24H33BrN2O6S/c1-6-27-18(5)22(17(4)23(27)24(29)33-8-3)21(28)16-26(14-9-15-32-7-2)34(30,31)20-12-10-19(25)11-13-20/h10-13H,6-9,14-16H2,1-5H3. The van der Waals surface area contributed by atoms with Gasteiger partial charge >= 0.3 is 5.97 Å². The highest BCUT2D eigenvalue weighted by Gasteiger charge is 2.31. The van der Waals surface area contributed by atoms with Gasteiger partial charge in [0.2, 0.25) is 10.0 Å². The van der Waals surface area contributed by atoms with Crippen molar-refractivity contribution in [2.45, 2.75) is 52.5 Å². The summed E-state index contributed by atoms with van der Waals surface area (Å²) in [5.74, 6) is -0.870. The van der Waals surface area contributed by atoms with Crippen LogP contribution >= 0.6 is 15.9 Å². The smallest absolute Gasteiger partial charge is 0.355 e. The molecule has 10 heteroatoms. The molecule has 1 aromatic carbocycles. The van der Waals surface area contributed by atoms with Crippen LogP contribution in [0.2, 0.25) is 0 Å². The largest absolute Gasteiger partial charge is 0.461 e. The second-order valence-corrected chi connectivity index (χ2v) is 10.5. The van der Waals surface area contributed by atoms with E-state index in [1.807, 2.05) is 13.8 Å². The number of carbonyl (C=O) groups excluding carboxylic acids is 2. The van der Waals surface area contributed by atoms with Gasteiger partial charge in [0.05, 0.1) is 18.0 Å². The van der Waals surface area contributed by atoms with Crippen molar-refractivity contribution in [1.82, 2.24) is 8.87 Å². The predicted molar refractivity (Wildman–Crippen MR) is 134 cm³/mol. The molecule has 0 aliphatic carbocycles. The molecule has 0 fully saturated rings. The first-order chi connectivity index (χ1) is 16.1. The molecule has 1 heterocycles. The third kappa shape index (κ3) is 6.35. The maximum Gasteiger partial charge on any atom is 0.355 e. The van der Waals surface area contributed by atoms with E-state index in [1.54, 1.807) is 37.5 Å². The number of sulfonamides is 1. The number of ketones is 1. The van der Waals surface area contributed by atoms with Crippen molar-refractivity contribution in [3.8, 4) is 0 Å². The molecule has 0 aliphatic heterocycles. The molecule has 8 nitrogen and oxygen atoms in total. The van der Waals surface area contributed by atoms with Gasteiger partial charge in [-0.3, -0.25) is 4.79 Å². The van der Waals surface area contributed by atoms with Crippen molar-refractivity contribution < 1.29 is 27.5 Å². The third-order valence-electron chi connectivity index (χ3n) is 5.50. The van der Waals surface area contributed by atoms with Gasteiger partial charge in [-0.25, -0.2) is 13.2 Å². The Morgan fingerprint density at radius 3 is 2.26 bits per heavy atom. The molecule has 0 saturated carbocycles. The summed E-state index contributed by atoms with van der Waals surface area (Å²) >= 11 is 3.31. The van der Waals surface area contributed by atoms with Crippen molar-refractivity contribution in [3.63, 3.8) is 0 Å². The summed E-state index contributed by atoms with van der Waals surface area (Å²) in [7, 11) is -3.93. The van der Waals surface area contributed by atoms with Crippen molar-refractivity contribution in [2.75, 3.05) is 32.9 Å². The molecule has 0 aliphatic rings. The summed E-state index contributed by atoms with van der Waals surface area (Å²) in [6, 6.07) is 6.30.